The van der Waals surface area contributed by atoms with E-state index >= 15 is 0 Å². The van der Waals surface area contributed by atoms with Gasteiger partial charge in [-0.2, -0.15) is 5.90 Å². The van der Waals surface area contributed by atoms with E-state index in [-0.39, 0.29) is 0 Å². The summed E-state index contributed by atoms with van der Waals surface area (Å²) in [6, 6.07) is 3.56. The Morgan fingerprint density at radius 1 is 1.50 bits per heavy atom. The van der Waals surface area contributed by atoms with E-state index in [1.807, 2.05) is 19.9 Å². The van der Waals surface area contributed by atoms with Gasteiger partial charge in [0.25, 0.3) is 0 Å². The molecule has 0 spiro atoms. The first kappa shape index (κ1) is 7.15. The van der Waals surface area contributed by atoms with Gasteiger partial charge in [-0.1, -0.05) is 13.8 Å². The average molecular weight is 141 g/mol. The first-order valence-electron chi connectivity index (χ1n) is 3.20. The summed E-state index contributed by atoms with van der Waals surface area (Å²) >= 11 is 0. The SMILES string of the molecule is CC(C)c1ccc(ON)o1. The molecule has 3 nitrogen and oxygen atoms in total. The summed E-state index contributed by atoms with van der Waals surface area (Å²) in [6.07, 6.45) is 0. The van der Waals surface area contributed by atoms with Gasteiger partial charge in [-0.05, 0) is 6.07 Å². The zero-order valence-electron chi connectivity index (χ0n) is 6.13. The summed E-state index contributed by atoms with van der Waals surface area (Å²) in [4.78, 5) is 4.38. The average Bonchev–Trinajstić information content (AvgIpc) is 2.34. The molecule has 0 bridgehead atoms. The lowest BCUT2D eigenvalue weighted by Crippen LogP contribution is -1.99. The number of furan rings is 1. The predicted octanol–water partition coefficient (Wildman–Crippen LogP) is 1.66. The van der Waals surface area contributed by atoms with Gasteiger partial charge in [0.2, 0.25) is 0 Å². The molecule has 0 aromatic carbocycles. The highest BCUT2D eigenvalue weighted by molar-refractivity contribution is 5.13. The summed E-state index contributed by atoms with van der Waals surface area (Å²) in [6.45, 7) is 4.08. The van der Waals surface area contributed by atoms with Crippen LogP contribution < -0.4 is 10.7 Å². The van der Waals surface area contributed by atoms with Crippen LogP contribution in [0.3, 0.4) is 0 Å². The molecule has 1 heterocycles. The lowest BCUT2D eigenvalue weighted by molar-refractivity contribution is 0.242. The van der Waals surface area contributed by atoms with E-state index in [1.165, 1.54) is 0 Å². The third-order valence-electron chi connectivity index (χ3n) is 1.29. The monoisotopic (exact) mass is 141 g/mol. The van der Waals surface area contributed by atoms with Crippen molar-refractivity contribution in [2.75, 3.05) is 0 Å². The molecule has 1 rings (SSSR count). The molecule has 2 N–H and O–H groups in total. The minimum Gasteiger partial charge on any atom is -0.429 e. The van der Waals surface area contributed by atoms with Crippen molar-refractivity contribution in [2.45, 2.75) is 19.8 Å². The van der Waals surface area contributed by atoms with Crippen molar-refractivity contribution in [3.05, 3.63) is 17.9 Å². The third kappa shape index (κ3) is 1.30. The Morgan fingerprint density at radius 2 is 2.20 bits per heavy atom. The quantitative estimate of drug-likeness (QED) is 0.637. The molecule has 56 valence electrons. The number of hydrogen-bond acceptors (Lipinski definition) is 3. The van der Waals surface area contributed by atoms with Gasteiger partial charge in [-0.15, -0.1) is 0 Å². The van der Waals surface area contributed by atoms with Crippen LogP contribution in [0.2, 0.25) is 0 Å². The second-order valence-electron chi connectivity index (χ2n) is 2.43. The summed E-state index contributed by atoms with van der Waals surface area (Å²) in [7, 11) is 0. The smallest absolute Gasteiger partial charge is 0.304 e. The predicted molar refractivity (Wildman–Crippen MR) is 37.6 cm³/mol. The second-order valence-corrected chi connectivity index (χ2v) is 2.43. The molecule has 0 amide bonds. The Balaban J connectivity index is 2.78. The van der Waals surface area contributed by atoms with Gasteiger partial charge in [0.05, 0.1) is 0 Å². The van der Waals surface area contributed by atoms with Gasteiger partial charge in [-0.3, -0.25) is 0 Å². The van der Waals surface area contributed by atoms with E-state index < -0.39 is 0 Å². The van der Waals surface area contributed by atoms with E-state index in [0.29, 0.717) is 11.9 Å². The molecule has 0 saturated heterocycles. The molecule has 0 unspecified atom stereocenters. The van der Waals surface area contributed by atoms with Gasteiger partial charge in [0, 0.05) is 12.0 Å². The molecule has 1 aromatic heterocycles. The minimum absolute atomic E-state index is 0.365. The van der Waals surface area contributed by atoms with Gasteiger partial charge in [0.15, 0.2) is 0 Å². The molecule has 0 atom stereocenters. The lowest BCUT2D eigenvalue weighted by Gasteiger charge is -1.96. The van der Waals surface area contributed by atoms with Crippen molar-refractivity contribution in [2.24, 2.45) is 5.90 Å². The fraction of sp³-hybridized carbons (Fsp3) is 0.429. The maximum Gasteiger partial charge on any atom is 0.304 e. The highest BCUT2D eigenvalue weighted by Gasteiger charge is 2.04. The normalized spacial score (nSPS) is 10.4. The zero-order valence-corrected chi connectivity index (χ0v) is 6.13. The fourth-order valence-corrected chi connectivity index (χ4v) is 0.708. The third-order valence-corrected chi connectivity index (χ3v) is 1.29. The van der Waals surface area contributed by atoms with Crippen LogP contribution in [0.4, 0.5) is 0 Å². The molecule has 3 heteroatoms. The van der Waals surface area contributed by atoms with Crippen LogP contribution in [-0.4, -0.2) is 0 Å². The highest BCUT2D eigenvalue weighted by Crippen LogP contribution is 2.21. The highest BCUT2D eigenvalue weighted by atomic mass is 16.7. The van der Waals surface area contributed by atoms with Crippen molar-refractivity contribution in [1.82, 2.24) is 0 Å². The van der Waals surface area contributed by atoms with Crippen LogP contribution in [0.5, 0.6) is 5.95 Å². The van der Waals surface area contributed by atoms with Gasteiger partial charge in [0.1, 0.15) is 5.76 Å². The van der Waals surface area contributed by atoms with Gasteiger partial charge >= 0.3 is 5.95 Å². The molecule has 0 radical (unpaired) electrons. The number of nitrogens with two attached hydrogens (primary N) is 1. The topological polar surface area (TPSA) is 48.4 Å². The van der Waals surface area contributed by atoms with Crippen molar-refractivity contribution in [3.63, 3.8) is 0 Å². The standard InChI is InChI=1S/C7H11NO2/c1-5(2)6-3-4-7(9-6)10-8/h3-5H,8H2,1-2H3. The molecule has 0 fully saturated rings. The van der Waals surface area contributed by atoms with Crippen LogP contribution in [-0.2, 0) is 0 Å². The molecule has 1 aromatic rings. The van der Waals surface area contributed by atoms with Crippen molar-refractivity contribution in [3.8, 4) is 5.95 Å². The molecular weight excluding hydrogens is 130 g/mol. The molecule has 0 aliphatic rings. The van der Waals surface area contributed by atoms with Crippen molar-refractivity contribution in [1.29, 1.82) is 0 Å². The number of hydrogen-bond donors (Lipinski definition) is 1. The van der Waals surface area contributed by atoms with E-state index in [0.717, 1.165) is 5.76 Å². The van der Waals surface area contributed by atoms with Crippen LogP contribution in [0, 0.1) is 0 Å². The van der Waals surface area contributed by atoms with E-state index in [9.17, 15) is 0 Å². The van der Waals surface area contributed by atoms with E-state index in [2.05, 4.69) is 4.84 Å². The Hall–Kier alpha value is -0.960. The Kier molecular flexibility index (Phi) is 1.97. The first-order chi connectivity index (χ1) is 4.74. The van der Waals surface area contributed by atoms with Crippen LogP contribution >= 0.6 is 0 Å². The molecule has 0 aliphatic heterocycles. The van der Waals surface area contributed by atoms with Crippen molar-refractivity contribution < 1.29 is 9.25 Å². The van der Waals surface area contributed by atoms with Crippen LogP contribution in [0.1, 0.15) is 25.5 Å². The Morgan fingerprint density at radius 3 is 2.50 bits per heavy atom. The summed E-state index contributed by atoms with van der Waals surface area (Å²) in [5.74, 6) is 6.50. The van der Waals surface area contributed by atoms with Gasteiger partial charge < -0.3 is 9.25 Å². The van der Waals surface area contributed by atoms with Crippen LogP contribution in [0.15, 0.2) is 16.5 Å². The van der Waals surface area contributed by atoms with Crippen LogP contribution in [0.25, 0.3) is 0 Å². The van der Waals surface area contributed by atoms with E-state index in [4.69, 9.17) is 10.3 Å². The molecule has 0 saturated carbocycles. The Bertz CT molecular complexity index is 205. The molecular formula is C7H11NO2. The fourth-order valence-electron chi connectivity index (χ4n) is 0.708. The summed E-state index contributed by atoms with van der Waals surface area (Å²) < 4.78 is 5.15. The van der Waals surface area contributed by atoms with E-state index in [1.54, 1.807) is 6.07 Å². The minimum atomic E-state index is 0.365. The Labute approximate surface area is 59.7 Å². The summed E-state index contributed by atoms with van der Waals surface area (Å²) in [5, 5.41) is 0. The molecule has 10 heavy (non-hydrogen) atoms. The number of rotatable bonds is 2. The van der Waals surface area contributed by atoms with Gasteiger partial charge in [-0.25, -0.2) is 0 Å². The second kappa shape index (κ2) is 2.75. The van der Waals surface area contributed by atoms with Crippen molar-refractivity contribution >= 4 is 0 Å². The maximum atomic E-state index is 5.15. The molecule has 0 aliphatic carbocycles. The zero-order chi connectivity index (χ0) is 7.56. The summed E-state index contributed by atoms with van der Waals surface area (Å²) in [5.41, 5.74) is 0. The first-order valence-corrected chi connectivity index (χ1v) is 3.20. The maximum absolute atomic E-state index is 5.15. The largest absolute Gasteiger partial charge is 0.429 e. The lowest BCUT2D eigenvalue weighted by atomic mass is 10.2.